The van der Waals surface area contributed by atoms with Gasteiger partial charge in [0.25, 0.3) is 0 Å². The molecular formula is C40H26. The molecule has 2 aliphatic carbocycles. The highest BCUT2D eigenvalue weighted by Gasteiger charge is 2.25. The van der Waals surface area contributed by atoms with E-state index in [1.165, 1.54) is 99.4 Å². The zero-order chi connectivity index (χ0) is 26.5. The number of rotatable bonds is 2. The van der Waals surface area contributed by atoms with E-state index in [9.17, 15) is 0 Å². The zero-order valence-electron chi connectivity index (χ0n) is 22.5. The van der Waals surface area contributed by atoms with Gasteiger partial charge in [-0.25, -0.2) is 0 Å². The Kier molecular flexibility index (Phi) is 4.28. The fourth-order valence-electron chi connectivity index (χ4n) is 7.50. The third-order valence-corrected chi connectivity index (χ3v) is 9.23. The van der Waals surface area contributed by atoms with Crippen molar-refractivity contribution in [3.8, 4) is 66.8 Å². The van der Waals surface area contributed by atoms with E-state index >= 15 is 0 Å². The molecule has 0 unspecified atom stereocenters. The number of fused-ring (bicyclic) bond motifs is 6. The minimum absolute atomic E-state index is 1.29. The van der Waals surface area contributed by atoms with E-state index in [0.717, 1.165) is 0 Å². The summed E-state index contributed by atoms with van der Waals surface area (Å²) in [5, 5.41) is 5.43. The second kappa shape index (κ2) is 7.81. The first-order valence-electron chi connectivity index (χ1n) is 14.1. The maximum absolute atomic E-state index is 2.38. The molecule has 7 aromatic carbocycles. The molecule has 9 rings (SSSR count). The fraction of sp³-hybridized carbons (Fsp3) is 0.0500. The summed E-state index contributed by atoms with van der Waals surface area (Å²) >= 11 is 0. The first-order valence-corrected chi connectivity index (χ1v) is 14.1. The number of hydrogen-bond acceptors (Lipinski definition) is 0. The molecule has 0 radical (unpaired) electrons. The normalized spacial score (nSPS) is 12.2. The molecule has 0 saturated carbocycles. The van der Waals surface area contributed by atoms with Crippen LogP contribution in [0.3, 0.4) is 0 Å². The summed E-state index contributed by atoms with van der Waals surface area (Å²) in [5.41, 5.74) is 18.7. The van der Waals surface area contributed by atoms with E-state index in [2.05, 4.69) is 135 Å². The molecule has 0 nitrogen and oxygen atoms in total. The third kappa shape index (κ3) is 2.75. The Labute approximate surface area is 234 Å². The van der Waals surface area contributed by atoms with E-state index in [1.54, 1.807) is 0 Å². The summed E-state index contributed by atoms with van der Waals surface area (Å²) in [6.45, 7) is 4.54. The molecule has 40 heavy (non-hydrogen) atoms. The molecule has 0 spiro atoms. The average molecular weight is 507 g/mol. The quantitative estimate of drug-likeness (QED) is 0.219. The third-order valence-electron chi connectivity index (χ3n) is 9.23. The second-order valence-electron chi connectivity index (χ2n) is 11.4. The largest absolute Gasteiger partial charge is 0.0616 e. The fourth-order valence-corrected chi connectivity index (χ4v) is 7.50. The van der Waals surface area contributed by atoms with Crippen LogP contribution in [-0.2, 0) is 0 Å². The van der Waals surface area contributed by atoms with Crippen LogP contribution in [0, 0.1) is 13.8 Å². The van der Waals surface area contributed by atoms with Crippen molar-refractivity contribution in [2.24, 2.45) is 0 Å². The molecule has 0 amide bonds. The molecule has 0 heteroatoms. The number of benzene rings is 7. The van der Waals surface area contributed by atoms with Crippen molar-refractivity contribution in [1.29, 1.82) is 0 Å². The van der Waals surface area contributed by atoms with Crippen LogP contribution in [-0.4, -0.2) is 0 Å². The summed E-state index contributed by atoms with van der Waals surface area (Å²) in [4.78, 5) is 0. The average Bonchev–Trinajstić information content (AvgIpc) is 3.50. The molecule has 0 aliphatic heterocycles. The highest BCUT2D eigenvalue weighted by molar-refractivity contribution is 6.20. The van der Waals surface area contributed by atoms with Crippen LogP contribution < -0.4 is 0 Å². The van der Waals surface area contributed by atoms with E-state index in [1.807, 2.05) is 0 Å². The van der Waals surface area contributed by atoms with Gasteiger partial charge in [-0.1, -0.05) is 121 Å². The molecule has 0 saturated heterocycles. The predicted octanol–water partition coefficient (Wildman–Crippen LogP) is 11.2. The van der Waals surface area contributed by atoms with Crippen molar-refractivity contribution >= 4 is 21.5 Å². The van der Waals surface area contributed by atoms with E-state index in [0.29, 0.717) is 0 Å². The van der Waals surface area contributed by atoms with Crippen LogP contribution in [0.15, 0.2) is 121 Å². The number of aryl methyl sites for hydroxylation is 1. The smallest absolute Gasteiger partial charge is 0.00201 e. The molecule has 0 aromatic heterocycles. The Morgan fingerprint density at radius 2 is 0.650 bits per heavy atom. The molecule has 0 atom stereocenters. The highest BCUT2D eigenvalue weighted by atomic mass is 14.3. The standard InChI is InChI=1S/C40H26/c1-23-21-37(29-17-19-35-27-11-5-3-9-25(27)31-13-7-15-33(29)39(31)35)24(2)38(22-23)30-18-20-36-28-12-6-4-10-26(28)32-14-8-16-34(30)40(32)36/h3-22H,1-2H3. The van der Waals surface area contributed by atoms with Gasteiger partial charge in [0.2, 0.25) is 0 Å². The van der Waals surface area contributed by atoms with E-state index in [4.69, 9.17) is 0 Å². The van der Waals surface area contributed by atoms with Crippen LogP contribution in [0.25, 0.3) is 88.3 Å². The van der Waals surface area contributed by atoms with Crippen LogP contribution in [0.4, 0.5) is 0 Å². The molecule has 0 fully saturated rings. The summed E-state index contributed by atoms with van der Waals surface area (Å²) in [5.74, 6) is 0. The molecule has 0 heterocycles. The first-order chi connectivity index (χ1) is 19.7. The van der Waals surface area contributed by atoms with Crippen molar-refractivity contribution in [3.05, 3.63) is 132 Å². The van der Waals surface area contributed by atoms with Crippen LogP contribution in [0.5, 0.6) is 0 Å². The van der Waals surface area contributed by atoms with Gasteiger partial charge in [-0.15, -0.1) is 0 Å². The van der Waals surface area contributed by atoms with Crippen molar-refractivity contribution in [1.82, 2.24) is 0 Å². The second-order valence-corrected chi connectivity index (χ2v) is 11.4. The van der Waals surface area contributed by atoms with Gasteiger partial charge in [0.15, 0.2) is 0 Å². The lowest BCUT2D eigenvalue weighted by Gasteiger charge is -2.18. The Hall–Kier alpha value is -4.94. The Morgan fingerprint density at radius 1 is 0.300 bits per heavy atom. The lowest BCUT2D eigenvalue weighted by atomic mass is 9.86. The van der Waals surface area contributed by atoms with E-state index < -0.39 is 0 Å². The van der Waals surface area contributed by atoms with Crippen molar-refractivity contribution in [2.45, 2.75) is 13.8 Å². The van der Waals surface area contributed by atoms with E-state index in [-0.39, 0.29) is 0 Å². The molecule has 186 valence electrons. The predicted molar refractivity (Wildman–Crippen MR) is 171 cm³/mol. The van der Waals surface area contributed by atoms with Crippen LogP contribution in [0.2, 0.25) is 0 Å². The van der Waals surface area contributed by atoms with Gasteiger partial charge in [0.05, 0.1) is 0 Å². The molecule has 2 aliphatic rings. The van der Waals surface area contributed by atoms with Gasteiger partial charge >= 0.3 is 0 Å². The SMILES string of the molecule is Cc1cc(-c2ccc3c4c(cccc24)-c2ccccc2-3)c(C)c(-c2ccc3c4c(cccc24)-c2ccccc2-3)c1. The van der Waals surface area contributed by atoms with Gasteiger partial charge in [0, 0.05) is 0 Å². The maximum Gasteiger partial charge on any atom is -0.00201 e. The summed E-state index contributed by atoms with van der Waals surface area (Å²) in [6, 6.07) is 45.4. The Balaban J connectivity index is 1.30. The lowest BCUT2D eigenvalue weighted by Crippen LogP contribution is -1.93. The van der Waals surface area contributed by atoms with Crippen molar-refractivity contribution in [3.63, 3.8) is 0 Å². The minimum atomic E-state index is 1.29. The molecule has 0 N–H and O–H groups in total. The molecular weight excluding hydrogens is 480 g/mol. The van der Waals surface area contributed by atoms with Crippen molar-refractivity contribution in [2.75, 3.05) is 0 Å². The monoisotopic (exact) mass is 506 g/mol. The molecule has 0 bridgehead atoms. The topological polar surface area (TPSA) is 0 Å². The summed E-state index contributed by atoms with van der Waals surface area (Å²) in [7, 11) is 0. The van der Waals surface area contributed by atoms with Gasteiger partial charge < -0.3 is 0 Å². The Bertz CT molecular complexity index is 2010. The van der Waals surface area contributed by atoms with Gasteiger partial charge in [0.1, 0.15) is 0 Å². The van der Waals surface area contributed by atoms with Crippen LogP contribution in [0.1, 0.15) is 11.1 Å². The van der Waals surface area contributed by atoms with Crippen LogP contribution >= 0.6 is 0 Å². The summed E-state index contributed by atoms with van der Waals surface area (Å²) < 4.78 is 0. The molecule has 7 aromatic rings. The number of hydrogen-bond donors (Lipinski definition) is 0. The minimum Gasteiger partial charge on any atom is -0.0616 e. The van der Waals surface area contributed by atoms with Gasteiger partial charge in [-0.2, -0.15) is 0 Å². The van der Waals surface area contributed by atoms with Gasteiger partial charge in [-0.3, -0.25) is 0 Å². The highest BCUT2D eigenvalue weighted by Crippen LogP contribution is 2.52. The maximum atomic E-state index is 2.38. The Morgan fingerprint density at radius 3 is 1.07 bits per heavy atom. The lowest BCUT2D eigenvalue weighted by molar-refractivity contribution is 1.40. The van der Waals surface area contributed by atoms with Gasteiger partial charge in [-0.05, 0) is 113 Å². The summed E-state index contributed by atoms with van der Waals surface area (Å²) in [6.07, 6.45) is 0. The van der Waals surface area contributed by atoms with Crippen molar-refractivity contribution < 1.29 is 0 Å². The zero-order valence-corrected chi connectivity index (χ0v) is 22.5. The first kappa shape index (κ1) is 21.9.